The van der Waals surface area contributed by atoms with E-state index in [1.54, 1.807) is 12.1 Å². The fraction of sp³-hybridized carbons (Fsp3) is 0.455. The molecule has 2 N–H and O–H groups in total. The zero-order chi connectivity index (χ0) is 10.3. The number of phenols is 2. The van der Waals surface area contributed by atoms with Crippen molar-refractivity contribution in [2.24, 2.45) is 5.92 Å². The molecule has 0 heterocycles. The fourth-order valence-electron chi connectivity index (χ4n) is 0.464. The van der Waals surface area contributed by atoms with E-state index in [2.05, 4.69) is 20.8 Å². The molecule has 0 fully saturated rings. The first-order valence-corrected chi connectivity index (χ1v) is 4.54. The quantitative estimate of drug-likeness (QED) is 0.655. The molecule has 0 unspecified atom stereocenters. The first kappa shape index (κ1) is 11.8. The summed E-state index contributed by atoms with van der Waals surface area (Å²) in [7, 11) is 0. The van der Waals surface area contributed by atoms with Crippen molar-refractivity contribution >= 4 is 0 Å². The van der Waals surface area contributed by atoms with Crippen LogP contribution in [0.3, 0.4) is 0 Å². The third-order valence-electron chi connectivity index (χ3n) is 1.70. The van der Waals surface area contributed by atoms with Gasteiger partial charge in [-0.05, 0) is 18.1 Å². The highest BCUT2D eigenvalue weighted by Gasteiger charge is 1.90. The van der Waals surface area contributed by atoms with Crippen LogP contribution in [0, 0.1) is 5.92 Å². The van der Waals surface area contributed by atoms with Gasteiger partial charge in [0, 0.05) is 0 Å². The molecule has 0 aromatic heterocycles. The van der Waals surface area contributed by atoms with E-state index >= 15 is 0 Å². The summed E-state index contributed by atoms with van der Waals surface area (Å²) in [4.78, 5) is 0. The van der Waals surface area contributed by atoms with Gasteiger partial charge in [0.25, 0.3) is 0 Å². The van der Waals surface area contributed by atoms with Gasteiger partial charge in [0.15, 0.2) is 11.5 Å². The number of rotatable bonds is 1. The summed E-state index contributed by atoms with van der Waals surface area (Å²) in [6.45, 7) is 6.64. The van der Waals surface area contributed by atoms with E-state index < -0.39 is 0 Å². The lowest BCUT2D eigenvalue weighted by Crippen LogP contribution is -1.77. The number of aromatic hydroxyl groups is 2. The van der Waals surface area contributed by atoms with Crippen LogP contribution in [0.5, 0.6) is 11.5 Å². The van der Waals surface area contributed by atoms with Gasteiger partial charge in [0.2, 0.25) is 0 Å². The van der Waals surface area contributed by atoms with Crippen molar-refractivity contribution in [3.8, 4) is 11.5 Å². The number of benzene rings is 1. The molecule has 0 aliphatic carbocycles. The topological polar surface area (TPSA) is 40.5 Å². The monoisotopic (exact) mass is 182 g/mol. The van der Waals surface area contributed by atoms with Crippen molar-refractivity contribution in [1.29, 1.82) is 0 Å². The predicted molar refractivity (Wildman–Crippen MR) is 54.9 cm³/mol. The molecule has 0 aliphatic rings. The molecule has 74 valence electrons. The van der Waals surface area contributed by atoms with E-state index in [0.717, 1.165) is 5.92 Å². The van der Waals surface area contributed by atoms with Crippen LogP contribution >= 0.6 is 0 Å². The lowest BCUT2D eigenvalue weighted by Gasteiger charge is -1.91. The van der Waals surface area contributed by atoms with Gasteiger partial charge in [-0.15, -0.1) is 0 Å². The van der Waals surface area contributed by atoms with Crippen molar-refractivity contribution in [2.45, 2.75) is 27.2 Å². The molecule has 0 radical (unpaired) electrons. The smallest absolute Gasteiger partial charge is 0.157 e. The molecule has 0 bridgehead atoms. The summed E-state index contributed by atoms with van der Waals surface area (Å²) in [6.07, 6.45) is 1.31. The van der Waals surface area contributed by atoms with Crippen LogP contribution in [0.1, 0.15) is 27.2 Å². The highest BCUT2D eigenvalue weighted by Crippen LogP contribution is 2.21. The molecular formula is C11H18O2. The number of hydrogen-bond donors (Lipinski definition) is 2. The second-order valence-corrected chi connectivity index (χ2v) is 3.29. The van der Waals surface area contributed by atoms with E-state index in [1.807, 2.05) is 0 Å². The largest absolute Gasteiger partial charge is 0.504 e. The molecular weight excluding hydrogens is 164 g/mol. The molecule has 13 heavy (non-hydrogen) atoms. The Balaban J connectivity index is 0.000000252. The van der Waals surface area contributed by atoms with E-state index in [9.17, 15) is 0 Å². The average molecular weight is 182 g/mol. The van der Waals surface area contributed by atoms with Gasteiger partial charge >= 0.3 is 0 Å². The van der Waals surface area contributed by atoms with Crippen LogP contribution < -0.4 is 0 Å². The summed E-state index contributed by atoms with van der Waals surface area (Å²) < 4.78 is 0. The van der Waals surface area contributed by atoms with E-state index in [0.29, 0.717) is 0 Å². The zero-order valence-electron chi connectivity index (χ0n) is 8.49. The molecule has 0 atom stereocenters. The molecule has 0 amide bonds. The lowest BCUT2D eigenvalue weighted by atomic mass is 10.2. The summed E-state index contributed by atoms with van der Waals surface area (Å²) in [5.74, 6) is 0.731. The minimum absolute atomic E-state index is 0.0764. The molecule has 0 spiro atoms. The maximum atomic E-state index is 8.67. The Morgan fingerprint density at radius 3 is 1.54 bits per heavy atom. The number of hydrogen-bond acceptors (Lipinski definition) is 2. The van der Waals surface area contributed by atoms with Crippen LogP contribution in [0.25, 0.3) is 0 Å². The molecule has 0 saturated heterocycles. The minimum Gasteiger partial charge on any atom is -0.504 e. The van der Waals surface area contributed by atoms with Gasteiger partial charge in [-0.1, -0.05) is 39.3 Å². The Hall–Kier alpha value is -1.18. The standard InChI is InChI=1S/C6H6O2.C5H12/c7-5-3-1-2-4-6(5)8;1-4-5(2)3/h1-4,7-8H;5H,4H2,1-3H3. The molecule has 1 aromatic rings. The van der Waals surface area contributed by atoms with E-state index in [-0.39, 0.29) is 11.5 Å². The second kappa shape index (κ2) is 6.35. The Bertz CT molecular complexity index is 210. The summed E-state index contributed by atoms with van der Waals surface area (Å²) in [5, 5.41) is 17.3. The molecule has 2 nitrogen and oxygen atoms in total. The van der Waals surface area contributed by atoms with Crippen molar-refractivity contribution in [3.05, 3.63) is 24.3 Å². The maximum Gasteiger partial charge on any atom is 0.157 e. The third kappa shape index (κ3) is 6.02. The highest BCUT2D eigenvalue weighted by atomic mass is 16.3. The normalized spacial score (nSPS) is 9.23. The van der Waals surface area contributed by atoms with Crippen LogP contribution in [0.15, 0.2) is 24.3 Å². The zero-order valence-corrected chi connectivity index (χ0v) is 8.49. The Morgan fingerprint density at radius 1 is 1.08 bits per heavy atom. The first-order chi connectivity index (χ1) is 6.07. The van der Waals surface area contributed by atoms with E-state index in [1.165, 1.54) is 18.6 Å². The Morgan fingerprint density at radius 2 is 1.38 bits per heavy atom. The van der Waals surface area contributed by atoms with Crippen LogP contribution in [0.4, 0.5) is 0 Å². The van der Waals surface area contributed by atoms with Gasteiger partial charge in [0.1, 0.15) is 0 Å². The molecule has 1 rings (SSSR count). The van der Waals surface area contributed by atoms with Crippen molar-refractivity contribution in [2.75, 3.05) is 0 Å². The second-order valence-electron chi connectivity index (χ2n) is 3.29. The van der Waals surface area contributed by atoms with Crippen LogP contribution in [-0.4, -0.2) is 10.2 Å². The number of phenolic OH excluding ortho intramolecular Hbond substituents is 2. The average Bonchev–Trinajstić information content (AvgIpc) is 2.11. The summed E-state index contributed by atoms with van der Waals surface area (Å²) in [6, 6.07) is 6.15. The maximum absolute atomic E-state index is 8.67. The van der Waals surface area contributed by atoms with Gasteiger partial charge in [-0.25, -0.2) is 0 Å². The number of para-hydroxylation sites is 2. The molecule has 1 aromatic carbocycles. The minimum atomic E-state index is -0.0764. The predicted octanol–water partition coefficient (Wildman–Crippen LogP) is 3.15. The fourth-order valence-corrected chi connectivity index (χ4v) is 0.464. The first-order valence-electron chi connectivity index (χ1n) is 4.54. The third-order valence-corrected chi connectivity index (χ3v) is 1.70. The van der Waals surface area contributed by atoms with Crippen molar-refractivity contribution in [1.82, 2.24) is 0 Å². The van der Waals surface area contributed by atoms with Gasteiger partial charge < -0.3 is 10.2 Å². The molecule has 0 saturated carbocycles. The Kier molecular flexibility index (Phi) is 5.77. The van der Waals surface area contributed by atoms with Crippen LogP contribution in [-0.2, 0) is 0 Å². The summed E-state index contributed by atoms with van der Waals surface area (Å²) >= 11 is 0. The van der Waals surface area contributed by atoms with Crippen molar-refractivity contribution < 1.29 is 10.2 Å². The van der Waals surface area contributed by atoms with Crippen LogP contribution in [0.2, 0.25) is 0 Å². The lowest BCUT2D eigenvalue weighted by molar-refractivity contribution is 0.404. The van der Waals surface area contributed by atoms with Gasteiger partial charge in [-0.2, -0.15) is 0 Å². The Labute approximate surface area is 79.9 Å². The van der Waals surface area contributed by atoms with Crippen molar-refractivity contribution in [3.63, 3.8) is 0 Å². The SMILES string of the molecule is CCC(C)C.Oc1ccccc1O. The highest BCUT2D eigenvalue weighted by molar-refractivity contribution is 5.36. The molecule has 0 aliphatic heterocycles. The van der Waals surface area contributed by atoms with Gasteiger partial charge in [-0.3, -0.25) is 0 Å². The summed E-state index contributed by atoms with van der Waals surface area (Å²) in [5.41, 5.74) is 0. The molecule has 2 heteroatoms. The van der Waals surface area contributed by atoms with Gasteiger partial charge in [0.05, 0.1) is 0 Å². The van der Waals surface area contributed by atoms with E-state index in [4.69, 9.17) is 10.2 Å².